The highest BCUT2D eigenvalue weighted by atomic mass is 16.6. The summed E-state index contributed by atoms with van der Waals surface area (Å²) in [5, 5.41) is 2.24. The van der Waals surface area contributed by atoms with Crippen LogP contribution in [0.4, 0.5) is 0 Å². The Hall–Kier alpha value is -3.40. The van der Waals surface area contributed by atoms with Crippen molar-refractivity contribution in [2.45, 2.75) is 0 Å². The molecule has 0 aliphatic carbocycles. The van der Waals surface area contributed by atoms with Gasteiger partial charge in [-0.05, 0) is 46.7 Å². The van der Waals surface area contributed by atoms with E-state index in [2.05, 4.69) is 4.74 Å². The molecule has 0 N–H and O–H groups in total. The molecule has 0 unspecified atom stereocenters. The summed E-state index contributed by atoms with van der Waals surface area (Å²) in [5.74, 6) is -0.0504. The Morgan fingerprint density at radius 3 is 2.42 bits per heavy atom. The molecule has 130 valence electrons. The molecule has 3 aromatic rings. The summed E-state index contributed by atoms with van der Waals surface area (Å²) < 4.78 is 9.78. The van der Waals surface area contributed by atoms with E-state index in [1.807, 2.05) is 48.5 Å². The third kappa shape index (κ3) is 4.16. The maximum atomic E-state index is 12.4. The van der Waals surface area contributed by atoms with E-state index in [1.54, 1.807) is 30.3 Å². The Morgan fingerprint density at radius 2 is 1.65 bits per heavy atom. The smallest absolute Gasteiger partial charge is 0.343 e. The topological polar surface area (TPSA) is 52.6 Å². The zero-order chi connectivity index (χ0) is 18.4. The van der Waals surface area contributed by atoms with Gasteiger partial charge >= 0.3 is 5.97 Å². The van der Waals surface area contributed by atoms with Crippen molar-refractivity contribution in [3.05, 3.63) is 83.9 Å². The highest BCUT2D eigenvalue weighted by molar-refractivity contribution is 6.07. The van der Waals surface area contributed by atoms with Crippen LogP contribution in [0.25, 0.3) is 16.8 Å². The Balaban J connectivity index is 1.71. The van der Waals surface area contributed by atoms with Crippen LogP contribution in [0.2, 0.25) is 0 Å². The van der Waals surface area contributed by atoms with E-state index in [0.717, 1.165) is 16.3 Å². The molecular formula is C22H18O4. The second kappa shape index (κ2) is 8.12. The lowest BCUT2D eigenvalue weighted by molar-refractivity contribution is -0.142. The minimum Gasteiger partial charge on any atom is -0.482 e. The molecular weight excluding hydrogens is 328 g/mol. The molecule has 4 nitrogen and oxygen atoms in total. The minimum absolute atomic E-state index is 0.0996. The molecule has 3 aromatic carbocycles. The SMILES string of the molecule is COC(=O)COc1ccc(C(=O)/C=C/c2cccc3ccccc23)cc1. The summed E-state index contributed by atoms with van der Waals surface area (Å²) in [6, 6.07) is 20.7. The second-order valence-electron chi connectivity index (χ2n) is 5.66. The minimum atomic E-state index is -0.455. The van der Waals surface area contributed by atoms with Crippen molar-refractivity contribution in [2.75, 3.05) is 13.7 Å². The Morgan fingerprint density at radius 1 is 0.923 bits per heavy atom. The van der Waals surface area contributed by atoms with E-state index >= 15 is 0 Å². The van der Waals surface area contributed by atoms with Crippen LogP contribution in [0.15, 0.2) is 72.8 Å². The van der Waals surface area contributed by atoms with E-state index in [-0.39, 0.29) is 12.4 Å². The standard InChI is InChI=1S/C22H18O4/c1-25-22(24)15-26-19-12-9-18(10-13-19)21(23)14-11-17-7-4-6-16-5-2-3-8-20(16)17/h2-14H,15H2,1H3/b14-11+. The van der Waals surface area contributed by atoms with Gasteiger partial charge in [-0.3, -0.25) is 4.79 Å². The fourth-order valence-corrected chi connectivity index (χ4v) is 2.57. The number of rotatable bonds is 6. The van der Waals surface area contributed by atoms with Gasteiger partial charge < -0.3 is 9.47 Å². The summed E-state index contributed by atoms with van der Waals surface area (Å²) in [7, 11) is 1.30. The van der Waals surface area contributed by atoms with Gasteiger partial charge in [0.05, 0.1) is 7.11 Å². The normalized spacial score (nSPS) is 10.8. The zero-order valence-corrected chi connectivity index (χ0v) is 14.3. The van der Waals surface area contributed by atoms with E-state index < -0.39 is 5.97 Å². The molecule has 0 aliphatic rings. The quantitative estimate of drug-likeness (QED) is 0.380. The second-order valence-corrected chi connectivity index (χ2v) is 5.66. The lowest BCUT2D eigenvalue weighted by atomic mass is 10.0. The highest BCUT2D eigenvalue weighted by Crippen LogP contribution is 2.20. The van der Waals surface area contributed by atoms with Gasteiger partial charge in [0.25, 0.3) is 0 Å². The molecule has 3 rings (SSSR count). The summed E-state index contributed by atoms with van der Waals surface area (Å²) >= 11 is 0. The van der Waals surface area contributed by atoms with Crippen molar-refractivity contribution in [3.8, 4) is 5.75 Å². The van der Waals surface area contributed by atoms with Crippen LogP contribution < -0.4 is 4.74 Å². The fourth-order valence-electron chi connectivity index (χ4n) is 2.57. The van der Waals surface area contributed by atoms with Crippen LogP contribution in [0.5, 0.6) is 5.75 Å². The van der Waals surface area contributed by atoms with Crippen molar-refractivity contribution in [2.24, 2.45) is 0 Å². The van der Waals surface area contributed by atoms with Gasteiger partial charge in [-0.25, -0.2) is 4.79 Å². The van der Waals surface area contributed by atoms with Gasteiger partial charge in [0, 0.05) is 5.56 Å². The molecule has 4 heteroatoms. The van der Waals surface area contributed by atoms with Crippen molar-refractivity contribution < 1.29 is 19.1 Å². The first-order valence-corrected chi connectivity index (χ1v) is 8.17. The number of carbonyl (C=O) groups excluding carboxylic acids is 2. The number of ether oxygens (including phenoxy) is 2. The predicted molar refractivity (Wildman–Crippen MR) is 101 cm³/mol. The molecule has 0 aromatic heterocycles. The maximum absolute atomic E-state index is 12.4. The van der Waals surface area contributed by atoms with E-state index in [0.29, 0.717) is 11.3 Å². The molecule has 0 amide bonds. The average molecular weight is 346 g/mol. The fraction of sp³-hybridized carbons (Fsp3) is 0.0909. The van der Waals surface area contributed by atoms with E-state index in [9.17, 15) is 9.59 Å². The van der Waals surface area contributed by atoms with Crippen LogP contribution in [-0.2, 0) is 9.53 Å². The first-order chi connectivity index (χ1) is 12.7. The molecule has 0 saturated heterocycles. The highest BCUT2D eigenvalue weighted by Gasteiger charge is 2.05. The number of hydrogen-bond acceptors (Lipinski definition) is 4. The largest absolute Gasteiger partial charge is 0.482 e. The number of hydrogen-bond donors (Lipinski definition) is 0. The van der Waals surface area contributed by atoms with Gasteiger partial charge in [-0.15, -0.1) is 0 Å². The summed E-state index contributed by atoms with van der Waals surface area (Å²) in [5.41, 5.74) is 1.54. The van der Waals surface area contributed by atoms with Crippen molar-refractivity contribution >= 4 is 28.6 Å². The predicted octanol–water partition coefficient (Wildman–Crippen LogP) is 4.29. The molecule has 0 heterocycles. The molecule has 0 aliphatic heterocycles. The zero-order valence-electron chi connectivity index (χ0n) is 14.3. The molecule has 0 radical (unpaired) electrons. The molecule has 0 saturated carbocycles. The van der Waals surface area contributed by atoms with Gasteiger partial charge in [0.1, 0.15) is 5.75 Å². The third-order valence-corrected chi connectivity index (χ3v) is 3.96. The number of methoxy groups -OCH3 is 1. The van der Waals surface area contributed by atoms with Gasteiger partial charge in [-0.2, -0.15) is 0 Å². The molecule has 0 atom stereocenters. The van der Waals surface area contributed by atoms with Crippen molar-refractivity contribution in [1.82, 2.24) is 0 Å². The van der Waals surface area contributed by atoms with Crippen molar-refractivity contribution in [3.63, 3.8) is 0 Å². The number of allylic oxidation sites excluding steroid dienone is 1. The lowest BCUT2D eigenvalue weighted by Crippen LogP contribution is -2.12. The number of ketones is 1. The summed E-state index contributed by atoms with van der Waals surface area (Å²) in [6.07, 6.45) is 3.39. The van der Waals surface area contributed by atoms with Crippen LogP contribution in [0.3, 0.4) is 0 Å². The average Bonchev–Trinajstić information content (AvgIpc) is 2.70. The van der Waals surface area contributed by atoms with Crippen LogP contribution >= 0.6 is 0 Å². The van der Waals surface area contributed by atoms with Crippen LogP contribution in [0, 0.1) is 0 Å². The Bertz CT molecular complexity index is 950. The number of fused-ring (bicyclic) bond motifs is 1. The third-order valence-electron chi connectivity index (χ3n) is 3.96. The molecule has 0 fully saturated rings. The van der Waals surface area contributed by atoms with Crippen molar-refractivity contribution in [1.29, 1.82) is 0 Å². The van der Waals surface area contributed by atoms with Gasteiger partial charge in [0.15, 0.2) is 12.4 Å². The first-order valence-electron chi connectivity index (χ1n) is 8.17. The van der Waals surface area contributed by atoms with E-state index in [4.69, 9.17) is 4.74 Å². The molecule has 0 spiro atoms. The Labute approximate surface area is 151 Å². The number of benzene rings is 3. The number of carbonyl (C=O) groups is 2. The lowest BCUT2D eigenvalue weighted by Gasteiger charge is -2.05. The van der Waals surface area contributed by atoms with E-state index in [1.165, 1.54) is 7.11 Å². The van der Waals surface area contributed by atoms with Gasteiger partial charge in [-0.1, -0.05) is 48.5 Å². The molecule has 26 heavy (non-hydrogen) atoms. The monoisotopic (exact) mass is 346 g/mol. The Kier molecular flexibility index (Phi) is 5.44. The summed E-state index contributed by atoms with van der Waals surface area (Å²) in [6.45, 7) is -0.162. The maximum Gasteiger partial charge on any atom is 0.343 e. The number of esters is 1. The van der Waals surface area contributed by atoms with Crippen LogP contribution in [0.1, 0.15) is 15.9 Å². The molecule has 0 bridgehead atoms. The van der Waals surface area contributed by atoms with Gasteiger partial charge in [0.2, 0.25) is 0 Å². The first kappa shape index (κ1) is 17.4. The van der Waals surface area contributed by atoms with Crippen LogP contribution in [-0.4, -0.2) is 25.5 Å². The summed E-state index contributed by atoms with van der Waals surface area (Å²) in [4.78, 5) is 23.4.